The molecule has 0 heterocycles. The molecule has 0 nitrogen and oxygen atoms in total. The molecular formula is C10H15I. The maximum absolute atomic E-state index is 2.66. The van der Waals surface area contributed by atoms with Gasteiger partial charge in [0.2, 0.25) is 0 Å². The third-order valence-corrected chi connectivity index (χ3v) is 4.63. The van der Waals surface area contributed by atoms with Crippen molar-refractivity contribution in [2.45, 2.75) is 36.0 Å². The minimum absolute atomic E-state index is 0.944. The van der Waals surface area contributed by atoms with Gasteiger partial charge in [0.25, 0.3) is 0 Å². The highest BCUT2D eigenvalue weighted by atomic mass is 127. The maximum Gasteiger partial charge on any atom is 0.0144 e. The van der Waals surface area contributed by atoms with Gasteiger partial charge in [-0.05, 0) is 37.5 Å². The first-order chi connectivity index (χ1) is 5.38. The number of halogens is 1. The van der Waals surface area contributed by atoms with E-state index in [9.17, 15) is 0 Å². The molecule has 0 aromatic rings. The number of hydrogen-bond donors (Lipinski definition) is 0. The lowest BCUT2D eigenvalue weighted by molar-refractivity contribution is 0.277. The molecule has 2 rings (SSSR count). The summed E-state index contributed by atoms with van der Waals surface area (Å²) in [6, 6.07) is 0. The molecule has 0 radical (unpaired) electrons. The van der Waals surface area contributed by atoms with Crippen molar-refractivity contribution < 1.29 is 0 Å². The summed E-state index contributed by atoms with van der Waals surface area (Å²) in [5, 5.41) is 0. The zero-order chi connectivity index (χ0) is 7.68. The van der Waals surface area contributed by atoms with Gasteiger partial charge in [0.05, 0.1) is 0 Å². The Morgan fingerprint density at radius 2 is 2.09 bits per heavy atom. The van der Waals surface area contributed by atoms with Crippen molar-refractivity contribution in [3.8, 4) is 0 Å². The molecule has 1 fully saturated rings. The van der Waals surface area contributed by atoms with Crippen LogP contribution in [0.3, 0.4) is 0 Å². The second kappa shape index (κ2) is 3.46. The number of allylic oxidation sites excluding steroid dienone is 2. The summed E-state index contributed by atoms with van der Waals surface area (Å²) in [6.45, 7) is 0. The summed E-state index contributed by atoms with van der Waals surface area (Å²) < 4.78 is 0.969. The van der Waals surface area contributed by atoms with Crippen molar-refractivity contribution in [2.24, 2.45) is 11.8 Å². The lowest BCUT2D eigenvalue weighted by atomic mass is 9.74. The molecule has 3 atom stereocenters. The van der Waals surface area contributed by atoms with Crippen LogP contribution in [0, 0.1) is 11.8 Å². The average Bonchev–Trinajstić information content (AvgIpc) is 2.06. The van der Waals surface area contributed by atoms with E-state index in [-0.39, 0.29) is 0 Å². The average molecular weight is 262 g/mol. The van der Waals surface area contributed by atoms with Crippen molar-refractivity contribution in [3.63, 3.8) is 0 Å². The van der Waals surface area contributed by atoms with Gasteiger partial charge in [-0.25, -0.2) is 0 Å². The molecule has 1 saturated carbocycles. The molecular weight excluding hydrogens is 247 g/mol. The third kappa shape index (κ3) is 1.63. The Morgan fingerprint density at radius 1 is 1.18 bits per heavy atom. The molecule has 0 aromatic heterocycles. The molecule has 0 saturated heterocycles. The fourth-order valence-electron chi connectivity index (χ4n) is 2.44. The Morgan fingerprint density at radius 3 is 2.91 bits per heavy atom. The molecule has 2 aliphatic rings. The van der Waals surface area contributed by atoms with Crippen LogP contribution < -0.4 is 0 Å². The van der Waals surface area contributed by atoms with E-state index in [1.165, 1.54) is 32.1 Å². The molecule has 62 valence electrons. The van der Waals surface area contributed by atoms with Gasteiger partial charge in [0.1, 0.15) is 0 Å². The quantitative estimate of drug-likeness (QED) is 0.356. The predicted octanol–water partition coefficient (Wildman–Crippen LogP) is 3.56. The molecule has 0 amide bonds. The van der Waals surface area contributed by atoms with Crippen molar-refractivity contribution in [1.29, 1.82) is 0 Å². The standard InChI is InChI=1S/C10H15I/c11-10-7-3-5-8-4-1-2-6-9(8)10/h1,4,8-10H,2-3,5-7H2. The molecule has 3 unspecified atom stereocenters. The predicted molar refractivity (Wildman–Crippen MR) is 57.0 cm³/mol. The Kier molecular flexibility index (Phi) is 2.54. The van der Waals surface area contributed by atoms with Crippen LogP contribution in [0.1, 0.15) is 32.1 Å². The molecule has 0 N–H and O–H groups in total. The van der Waals surface area contributed by atoms with E-state index in [2.05, 4.69) is 34.7 Å². The monoisotopic (exact) mass is 262 g/mol. The molecule has 0 aliphatic heterocycles. The second-order valence-electron chi connectivity index (χ2n) is 3.78. The van der Waals surface area contributed by atoms with Crippen LogP contribution in [-0.4, -0.2) is 3.92 Å². The summed E-state index contributed by atoms with van der Waals surface area (Å²) in [5.41, 5.74) is 0. The van der Waals surface area contributed by atoms with Crippen LogP contribution in [0.5, 0.6) is 0 Å². The lowest BCUT2D eigenvalue weighted by Crippen LogP contribution is -2.28. The fraction of sp³-hybridized carbons (Fsp3) is 0.800. The van der Waals surface area contributed by atoms with Crippen molar-refractivity contribution in [2.75, 3.05) is 0 Å². The Labute approximate surface area is 82.6 Å². The number of fused-ring (bicyclic) bond motifs is 1. The van der Waals surface area contributed by atoms with E-state index in [0.29, 0.717) is 0 Å². The van der Waals surface area contributed by atoms with E-state index < -0.39 is 0 Å². The van der Waals surface area contributed by atoms with Gasteiger partial charge in [-0.2, -0.15) is 0 Å². The van der Waals surface area contributed by atoms with Crippen molar-refractivity contribution >= 4 is 22.6 Å². The summed E-state index contributed by atoms with van der Waals surface area (Å²) in [7, 11) is 0. The molecule has 0 bridgehead atoms. The number of rotatable bonds is 0. The van der Waals surface area contributed by atoms with Gasteiger partial charge in [-0.1, -0.05) is 41.2 Å². The topological polar surface area (TPSA) is 0 Å². The van der Waals surface area contributed by atoms with Gasteiger partial charge in [-0.15, -0.1) is 0 Å². The highest BCUT2D eigenvalue weighted by Gasteiger charge is 2.30. The van der Waals surface area contributed by atoms with Gasteiger partial charge in [0, 0.05) is 3.92 Å². The largest absolute Gasteiger partial charge is 0.0882 e. The minimum Gasteiger partial charge on any atom is -0.0882 e. The van der Waals surface area contributed by atoms with E-state index in [0.717, 1.165) is 15.8 Å². The number of hydrogen-bond acceptors (Lipinski definition) is 0. The van der Waals surface area contributed by atoms with Crippen LogP contribution in [0.25, 0.3) is 0 Å². The first-order valence-corrected chi connectivity index (χ1v) is 5.93. The summed E-state index contributed by atoms with van der Waals surface area (Å²) >= 11 is 2.66. The molecule has 0 spiro atoms. The van der Waals surface area contributed by atoms with Gasteiger partial charge in [0.15, 0.2) is 0 Å². The highest BCUT2D eigenvalue weighted by molar-refractivity contribution is 14.1. The first kappa shape index (κ1) is 8.09. The Bertz CT molecular complexity index is 162. The minimum atomic E-state index is 0.944. The van der Waals surface area contributed by atoms with Crippen LogP contribution in [0.15, 0.2) is 12.2 Å². The number of alkyl halides is 1. The lowest BCUT2D eigenvalue weighted by Gasteiger charge is -2.36. The summed E-state index contributed by atoms with van der Waals surface area (Å²) in [4.78, 5) is 0. The van der Waals surface area contributed by atoms with Crippen molar-refractivity contribution in [3.05, 3.63) is 12.2 Å². The fourth-order valence-corrected chi connectivity index (χ4v) is 3.77. The maximum atomic E-state index is 2.66. The van der Waals surface area contributed by atoms with E-state index in [4.69, 9.17) is 0 Å². The summed E-state index contributed by atoms with van der Waals surface area (Å²) in [5.74, 6) is 1.97. The molecule has 0 aromatic carbocycles. The first-order valence-electron chi connectivity index (χ1n) is 4.68. The van der Waals surface area contributed by atoms with Gasteiger partial charge in [-0.3, -0.25) is 0 Å². The zero-order valence-electron chi connectivity index (χ0n) is 6.80. The molecule has 2 aliphatic carbocycles. The summed E-state index contributed by atoms with van der Waals surface area (Å²) in [6.07, 6.45) is 12.0. The normalized spacial score (nSPS) is 43.5. The van der Waals surface area contributed by atoms with Crippen LogP contribution in [0.4, 0.5) is 0 Å². The van der Waals surface area contributed by atoms with Crippen molar-refractivity contribution in [1.82, 2.24) is 0 Å². The SMILES string of the molecule is IC1CCCC2C=CCCC12. The van der Waals surface area contributed by atoms with E-state index in [1.54, 1.807) is 0 Å². The van der Waals surface area contributed by atoms with E-state index in [1.807, 2.05) is 0 Å². The zero-order valence-corrected chi connectivity index (χ0v) is 8.96. The van der Waals surface area contributed by atoms with Gasteiger partial charge < -0.3 is 0 Å². The van der Waals surface area contributed by atoms with Gasteiger partial charge >= 0.3 is 0 Å². The van der Waals surface area contributed by atoms with Crippen LogP contribution in [-0.2, 0) is 0 Å². The third-order valence-electron chi connectivity index (χ3n) is 3.08. The van der Waals surface area contributed by atoms with Crippen LogP contribution >= 0.6 is 22.6 Å². The second-order valence-corrected chi connectivity index (χ2v) is 5.38. The van der Waals surface area contributed by atoms with E-state index >= 15 is 0 Å². The Balaban J connectivity index is 2.08. The molecule has 1 heteroatoms. The van der Waals surface area contributed by atoms with Crippen LogP contribution in [0.2, 0.25) is 0 Å². The molecule has 11 heavy (non-hydrogen) atoms. The Hall–Kier alpha value is 0.470. The highest BCUT2D eigenvalue weighted by Crippen LogP contribution is 2.40. The smallest absolute Gasteiger partial charge is 0.0144 e.